The normalized spacial score (nSPS) is 9.47. The average molecular weight is 273 g/mol. The van der Waals surface area contributed by atoms with Gasteiger partial charge in [0.15, 0.2) is 0 Å². The van der Waals surface area contributed by atoms with Crippen LogP contribution in [0.1, 0.15) is 10.4 Å². The molecule has 1 rings (SSSR count). The molecule has 1 heterocycles. The third kappa shape index (κ3) is 3.67. The summed E-state index contributed by atoms with van der Waals surface area (Å²) in [6.07, 6.45) is 1.41. The summed E-state index contributed by atoms with van der Waals surface area (Å²) in [4.78, 5) is 26.0. The lowest BCUT2D eigenvalue weighted by molar-refractivity contribution is -0.139. The molecule has 0 radical (unpaired) electrons. The molecule has 15 heavy (non-hydrogen) atoms. The van der Waals surface area contributed by atoms with Crippen molar-refractivity contribution in [1.29, 1.82) is 0 Å². The summed E-state index contributed by atoms with van der Waals surface area (Å²) >= 11 is 3.15. The molecule has 1 aromatic heterocycles. The fraction of sp³-hybridized carbons (Fsp3) is 0.222. The Morgan fingerprint density at radius 3 is 2.80 bits per heavy atom. The highest BCUT2D eigenvalue weighted by Gasteiger charge is 2.07. The molecule has 1 N–H and O–H groups in total. The Balaban J connectivity index is 2.54. The molecule has 80 valence electrons. The molecule has 6 heteroatoms. The molecule has 0 bridgehead atoms. The van der Waals surface area contributed by atoms with E-state index in [1.807, 2.05) is 0 Å². The van der Waals surface area contributed by atoms with Crippen molar-refractivity contribution in [1.82, 2.24) is 10.3 Å². The first-order valence-electron chi connectivity index (χ1n) is 4.10. The number of ether oxygens (including phenoxy) is 1. The molecule has 1 amide bonds. The number of nitrogens with one attached hydrogen (secondary N) is 1. The monoisotopic (exact) mass is 272 g/mol. The van der Waals surface area contributed by atoms with E-state index in [9.17, 15) is 9.59 Å². The zero-order valence-electron chi connectivity index (χ0n) is 7.99. The van der Waals surface area contributed by atoms with Crippen LogP contribution in [0.3, 0.4) is 0 Å². The lowest BCUT2D eigenvalue weighted by Gasteiger charge is -2.03. The maximum Gasteiger partial charge on any atom is 0.325 e. The van der Waals surface area contributed by atoms with Gasteiger partial charge >= 0.3 is 5.97 Å². The van der Waals surface area contributed by atoms with Gasteiger partial charge < -0.3 is 10.1 Å². The number of hydrogen-bond acceptors (Lipinski definition) is 4. The Kier molecular flexibility index (Phi) is 4.23. The number of halogens is 1. The predicted molar refractivity (Wildman–Crippen MR) is 56.3 cm³/mol. The molecule has 0 aromatic carbocycles. The van der Waals surface area contributed by atoms with Crippen molar-refractivity contribution in [2.75, 3.05) is 13.7 Å². The zero-order chi connectivity index (χ0) is 11.3. The maximum atomic E-state index is 11.4. The first-order valence-corrected chi connectivity index (χ1v) is 4.89. The van der Waals surface area contributed by atoms with Crippen LogP contribution in [-0.4, -0.2) is 30.5 Å². The van der Waals surface area contributed by atoms with Crippen molar-refractivity contribution >= 4 is 27.8 Å². The molecular weight excluding hydrogens is 264 g/mol. The number of methoxy groups -OCH3 is 1. The Labute approximate surface area is 95.0 Å². The quantitative estimate of drug-likeness (QED) is 0.651. The highest BCUT2D eigenvalue weighted by Crippen LogP contribution is 2.05. The largest absolute Gasteiger partial charge is 0.468 e. The summed E-state index contributed by atoms with van der Waals surface area (Å²) < 4.78 is 5.02. The summed E-state index contributed by atoms with van der Waals surface area (Å²) in [5, 5.41) is 2.40. The molecule has 1 aromatic rings. The van der Waals surface area contributed by atoms with Crippen LogP contribution >= 0.6 is 15.9 Å². The van der Waals surface area contributed by atoms with E-state index in [1.54, 1.807) is 12.1 Å². The minimum Gasteiger partial charge on any atom is -0.468 e. The van der Waals surface area contributed by atoms with Crippen LogP contribution in [-0.2, 0) is 9.53 Å². The van der Waals surface area contributed by atoms with E-state index in [1.165, 1.54) is 13.3 Å². The van der Waals surface area contributed by atoms with Crippen LogP contribution in [0.15, 0.2) is 22.9 Å². The van der Waals surface area contributed by atoms with E-state index < -0.39 is 5.97 Å². The highest BCUT2D eigenvalue weighted by molar-refractivity contribution is 9.10. The van der Waals surface area contributed by atoms with E-state index in [-0.39, 0.29) is 12.5 Å². The van der Waals surface area contributed by atoms with E-state index in [2.05, 4.69) is 31.0 Å². The summed E-state index contributed by atoms with van der Waals surface area (Å²) in [7, 11) is 1.26. The second-order valence-corrected chi connectivity index (χ2v) is 3.44. The van der Waals surface area contributed by atoms with Crippen molar-refractivity contribution in [3.63, 3.8) is 0 Å². The summed E-state index contributed by atoms with van der Waals surface area (Å²) in [6, 6.07) is 3.25. The van der Waals surface area contributed by atoms with Gasteiger partial charge in [-0.2, -0.15) is 0 Å². The predicted octanol–water partition coefficient (Wildman–Crippen LogP) is 0.747. The highest BCUT2D eigenvalue weighted by atomic mass is 79.9. The Bertz CT molecular complexity index is 364. The molecule has 0 aliphatic rings. The average Bonchev–Trinajstić information content (AvgIpc) is 2.26. The first-order chi connectivity index (χ1) is 7.13. The van der Waals surface area contributed by atoms with Crippen molar-refractivity contribution in [2.45, 2.75) is 0 Å². The molecule has 0 atom stereocenters. The maximum absolute atomic E-state index is 11.4. The van der Waals surface area contributed by atoms with Gasteiger partial charge in [0.1, 0.15) is 11.1 Å². The second kappa shape index (κ2) is 5.45. The van der Waals surface area contributed by atoms with Gasteiger partial charge in [-0.05, 0) is 28.1 Å². The summed E-state index contributed by atoms with van der Waals surface area (Å²) in [5.74, 6) is -0.853. The number of nitrogens with zero attached hydrogens (tertiary/aromatic N) is 1. The lowest BCUT2D eigenvalue weighted by Crippen LogP contribution is -2.30. The van der Waals surface area contributed by atoms with Gasteiger partial charge in [-0.3, -0.25) is 9.59 Å². The second-order valence-electron chi connectivity index (χ2n) is 2.63. The van der Waals surface area contributed by atoms with Crippen LogP contribution < -0.4 is 5.32 Å². The molecule has 0 saturated carbocycles. The van der Waals surface area contributed by atoms with Crippen molar-refractivity contribution in [2.24, 2.45) is 0 Å². The topological polar surface area (TPSA) is 68.3 Å². The standard InChI is InChI=1S/C9H9BrN2O3/c1-15-8(13)5-12-9(14)6-2-3-7(10)11-4-6/h2-4H,5H2,1H3,(H,12,14). The molecule has 0 fully saturated rings. The van der Waals surface area contributed by atoms with Gasteiger partial charge in [0, 0.05) is 6.20 Å². The lowest BCUT2D eigenvalue weighted by atomic mass is 10.3. The number of carbonyl (C=O) groups excluding carboxylic acids is 2. The third-order valence-electron chi connectivity index (χ3n) is 1.61. The number of carbonyl (C=O) groups is 2. The van der Waals surface area contributed by atoms with E-state index in [4.69, 9.17) is 0 Å². The molecule has 0 saturated heterocycles. The van der Waals surface area contributed by atoms with Crippen LogP contribution in [0, 0.1) is 0 Å². The Hall–Kier alpha value is -1.43. The van der Waals surface area contributed by atoms with Gasteiger partial charge in [-0.1, -0.05) is 0 Å². The minimum atomic E-state index is -0.492. The molecular formula is C9H9BrN2O3. The van der Waals surface area contributed by atoms with Crippen LogP contribution in [0.5, 0.6) is 0 Å². The Morgan fingerprint density at radius 1 is 1.53 bits per heavy atom. The number of esters is 1. The van der Waals surface area contributed by atoms with E-state index in [0.29, 0.717) is 10.2 Å². The molecule has 0 spiro atoms. The van der Waals surface area contributed by atoms with Crippen LogP contribution in [0.4, 0.5) is 0 Å². The zero-order valence-corrected chi connectivity index (χ0v) is 9.58. The van der Waals surface area contributed by atoms with Crippen LogP contribution in [0.2, 0.25) is 0 Å². The van der Waals surface area contributed by atoms with Gasteiger partial charge in [0.25, 0.3) is 5.91 Å². The van der Waals surface area contributed by atoms with Crippen molar-refractivity contribution in [3.05, 3.63) is 28.5 Å². The minimum absolute atomic E-state index is 0.147. The summed E-state index contributed by atoms with van der Waals surface area (Å²) in [6.45, 7) is -0.147. The fourth-order valence-corrected chi connectivity index (χ4v) is 1.07. The number of rotatable bonds is 3. The first kappa shape index (κ1) is 11.6. The van der Waals surface area contributed by atoms with Gasteiger partial charge in [0.05, 0.1) is 12.7 Å². The molecule has 0 unspecified atom stereocenters. The number of pyridine rings is 1. The van der Waals surface area contributed by atoms with Crippen molar-refractivity contribution in [3.8, 4) is 0 Å². The smallest absolute Gasteiger partial charge is 0.325 e. The SMILES string of the molecule is COC(=O)CNC(=O)c1ccc(Br)nc1. The van der Waals surface area contributed by atoms with Gasteiger partial charge in [0.2, 0.25) is 0 Å². The fourth-order valence-electron chi connectivity index (χ4n) is 0.837. The summed E-state index contributed by atoms with van der Waals surface area (Å²) in [5.41, 5.74) is 0.391. The molecule has 0 aliphatic carbocycles. The van der Waals surface area contributed by atoms with E-state index in [0.717, 1.165) is 0 Å². The number of amides is 1. The Morgan fingerprint density at radius 2 is 2.27 bits per heavy atom. The molecule has 0 aliphatic heterocycles. The molecule has 5 nitrogen and oxygen atoms in total. The van der Waals surface area contributed by atoms with E-state index >= 15 is 0 Å². The van der Waals surface area contributed by atoms with Gasteiger partial charge in [-0.25, -0.2) is 4.98 Å². The number of hydrogen-bond donors (Lipinski definition) is 1. The number of aromatic nitrogens is 1. The van der Waals surface area contributed by atoms with Crippen LogP contribution in [0.25, 0.3) is 0 Å². The van der Waals surface area contributed by atoms with Crippen molar-refractivity contribution < 1.29 is 14.3 Å². The van der Waals surface area contributed by atoms with Gasteiger partial charge in [-0.15, -0.1) is 0 Å². The third-order valence-corrected chi connectivity index (χ3v) is 2.08.